The zero-order valence-electron chi connectivity index (χ0n) is 12.1. The fourth-order valence-electron chi connectivity index (χ4n) is 2.20. The Hall–Kier alpha value is -1.40. The van der Waals surface area contributed by atoms with Crippen molar-refractivity contribution in [1.29, 1.82) is 0 Å². The van der Waals surface area contributed by atoms with Crippen molar-refractivity contribution in [3.05, 3.63) is 34.9 Å². The van der Waals surface area contributed by atoms with E-state index in [1.54, 1.807) is 20.2 Å². The first kappa shape index (κ1) is 16.0. The van der Waals surface area contributed by atoms with Gasteiger partial charge in [0.15, 0.2) is 0 Å². The Bertz CT molecular complexity index is 553. The van der Waals surface area contributed by atoms with Gasteiger partial charge in [0.1, 0.15) is 11.4 Å². The molecule has 1 heterocycles. The van der Waals surface area contributed by atoms with Gasteiger partial charge in [-0.3, -0.25) is 4.90 Å². The molecule has 1 aliphatic heterocycles. The van der Waals surface area contributed by atoms with E-state index in [1.165, 1.54) is 28.7 Å². The Morgan fingerprint density at radius 1 is 1.38 bits per heavy atom. The lowest BCUT2D eigenvalue weighted by Crippen LogP contribution is -2.47. The SMILES string of the molecule is COC(=O)C1CSC(c2ccccc2Cl)N1C(=O)N(C)C. The summed E-state index contributed by atoms with van der Waals surface area (Å²) in [6, 6.07) is 6.51. The van der Waals surface area contributed by atoms with Crippen LogP contribution < -0.4 is 0 Å². The normalized spacial score (nSPS) is 21.2. The van der Waals surface area contributed by atoms with Gasteiger partial charge in [0.05, 0.1) is 7.11 Å². The van der Waals surface area contributed by atoms with Gasteiger partial charge in [-0.05, 0) is 6.07 Å². The van der Waals surface area contributed by atoms with Crippen LogP contribution >= 0.6 is 23.4 Å². The van der Waals surface area contributed by atoms with Gasteiger partial charge in [0, 0.05) is 30.4 Å². The van der Waals surface area contributed by atoms with Crippen molar-refractivity contribution < 1.29 is 14.3 Å². The zero-order valence-corrected chi connectivity index (χ0v) is 13.6. The summed E-state index contributed by atoms with van der Waals surface area (Å²) in [4.78, 5) is 27.4. The quantitative estimate of drug-likeness (QED) is 0.783. The van der Waals surface area contributed by atoms with Gasteiger partial charge in [-0.25, -0.2) is 9.59 Å². The van der Waals surface area contributed by atoms with Crippen molar-refractivity contribution in [2.75, 3.05) is 27.0 Å². The molecule has 2 atom stereocenters. The summed E-state index contributed by atoms with van der Waals surface area (Å²) in [5, 5.41) is 0.287. The second kappa shape index (κ2) is 6.58. The van der Waals surface area contributed by atoms with Gasteiger partial charge < -0.3 is 9.64 Å². The van der Waals surface area contributed by atoms with E-state index in [0.29, 0.717) is 10.8 Å². The standard InChI is InChI=1S/C14H17ClN2O3S/c1-16(2)14(19)17-11(13(18)20-3)8-21-12(17)9-6-4-5-7-10(9)15/h4-7,11-12H,8H2,1-3H3. The highest BCUT2D eigenvalue weighted by Crippen LogP contribution is 2.44. The Morgan fingerprint density at radius 2 is 2.05 bits per heavy atom. The molecule has 1 aromatic carbocycles. The van der Waals surface area contributed by atoms with E-state index < -0.39 is 12.0 Å². The molecule has 2 amide bonds. The van der Waals surface area contributed by atoms with Crippen molar-refractivity contribution in [1.82, 2.24) is 9.80 Å². The first-order valence-corrected chi connectivity index (χ1v) is 7.83. The lowest BCUT2D eigenvalue weighted by Gasteiger charge is -2.31. The molecule has 0 aromatic heterocycles. The maximum atomic E-state index is 12.5. The van der Waals surface area contributed by atoms with Crippen molar-refractivity contribution in [3.63, 3.8) is 0 Å². The van der Waals surface area contributed by atoms with Gasteiger partial charge in [-0.15, -0.1) is 11.8 Å². The maximum absolute atomic E-state index is 12.5. The molecule has 0 bridgehead atoms. The molecular formula is C14H17ClN2O3S. The smallest absolute Gasteiger partial charge is 0.329 e. The number of urea groups is 1. The van der Waals surface area contributed by atoms with Gasteiger partial charge in [0.25, 0.3) is 0 Å². The molecule has 2 unspecified atom stereocenters. The number of rotatable bonds is 2. The number of nitrogens with zero attached hydrogens (tertiary/aromatic N) is 2. The molecule has 0 saturated carbocycles. The largest absolute Gasteiger partial charge is 0.467 e. The fourth-order valence-corrected chi connectivity index (χ4v) is 3.95. The summed E-state index contributed by atoms with van der Waals surface area (Å²) in [7, 11) is 4.64. The second-order valence-corrected chi connectivity index (χ2v) is 6.35. The van der Waals surface area contributed by atoms with Crippen LogP contribution in [-0.2, 0) is 9.53 Å². The van der Waals surface area contributed by atoms with Crippen LogP contribution in [0.25, 0.3) is 0 Å². The van der Waals surface area contributed by atoms with Crippen LogP contribution in [0.1, 0.15) is 10.9 Å². The summed E-state index contributed by atoms with van der Waals surface area (Å²) in [6.07, 6.45) is 0. The molecule has 1 saturated heterocycles. The van der Waals surface area contributed by atoms with Crippen molar-refractivity contribution in [3.8, 4) is 0 Å². The Morgan fingerprint density at radius 3 is 2.62 bits per heavy atom. The summed E-state index contributed by atoms with van der Waals surface area (Å²) in [6.45, 7) is 0. The number of amides is 2. The molecule has 0 aliphatic carbocycles. The highest BCUT2D eigenvalue weighted by atomic mass is 35.5. The van der Waals surface area contributed by atoms with Crippen molar-refractivity contribution in [2.45, 2.75) is 11.4 Å². The molecule has 0 radical (unpaired) electrons. The number of methoxy groups -OCH3 is 1. The number of thioether (sulfide) groups is 1. The third-order valence-corrected chi connectivity index (χ3v) is 4.90. The predicted octanol–water partition coefficient (Wildman–Crippen LogP) is 2.61. The second-order valence-electron chi connectivity index (χ2n) is 4.83. The fraction of sp³-hybridized carbons (Fsp3) is 0.429. The molecule has 7 heteroatoms. The van der Waals surface area contributed by atoms with Crippen molar-refractivity contribution in [2.24, 2.45) is 0 Å². The number of ether oxygens (including phenoxy) is 1. The van der Waals surface area contributed by atoms with E-state index in [0.717, 1.165) is 5.56 Å². The van der Waals surface area contributed by atoms with Crippen LogP contribution in [0.4, 0.5) is 4.79 Å². The number of halogens is 1. The molecular weight excluding hydrogens is 312 g/mol. The molecule has 0 spiro atoms. The molecule has 0 N–H and O–H groups in total. The number of carbonyl (C=O) groups excluding carboxylic acids is 2. The summed E-state index contributed by atoms with van der Waals surface area (Å²) < 4.78 is 4.81. The van der Waals surface area contributed by atoms with Crippen LogP contribution in [0.2, 0.25) is 5.02 Å². The minimum Gasteiger partial charge on any atom is -0.467 e. The molecule has 21 heavy (non-hydrogen) atoms. The minimum absolute atomic E-state index is 0.236. The number of carbonyl (C=O) groups is 2. The lowest BCUT2D eigenvalue weighted by molar-refractivity contribution is -0.145. The van der Waals surface area contributed by atoms with Crippen LogP contribution in [0, 0.1) is 0 Å². The highest BCUT2D eigenvalue weighted by molar-refractivity contribution is 7.99. The molecule has 1 aliphatic rings. The monoisotopic (exact) mass is 328 g/mol. The first-order valence-electron chi connectivity index (χ1n) is 6.40. The van der Waals surface area contributed by atoms with Gasteiger partial charge in [0.2, 0.25) is 0 Å². The highest BCUT2D eigenvalue weighted by Gasteiger charge is 2.44. The van der Waals surface area contributed by atoms with E-state index >= 15 is 0 Å². The van der Waals surface area contributed by atoms with E-state index in [9.17, 15) is 9.59 Å². The molecule has 1 fully saturated rings. The van der Waals surface area contributed by atoms with Gasteiger partial charge in [-0.2, -0.15) is 0 Å². The average Bonchev–Trinajstić information content (AvgIpc) is 2.90. The van der Waals surface area contributed by atoms with E-state index in [1.807, 2.05) is 18.2 Å². The van der Waals surface area contributed by atoms with Gasteiger partial charge >= 0.3 is 12.0 Å². The summed E-state index contributed by atoms with van der Waals surface area (Å²) >= 11 is 7.74. The van der Waals surface area contributed by atoms with E-state index in [4.69, 9.17) is 16.3 Å². The predicted molar refractivity (Wildman–Crippen MR) is 83.4 cm³/mol. The summed E-state index contributed by atoms with van der Waals surface area (Å²) in [5.74, 6) is 0.0783. The molecule has 114 valence electrons. The van der Waals surface area contributed by atoms with Crippen LogP contribution in [0.3, 0.4) is 0 Å². The van der Waals surface area contributed by atoms with Gasteiger partial charge in [-0.1, -0.05) is 29.8 Å². The zero-order chi connectivity index (χ0) is 15.6. The Kier molecular flexibility index (Phi) is 5.00. The third-order valence-electron chi connectivity index (χ3n) is 3.25. The molecule has 1 aromatic rings. The number of hydrogen-bond acceptors (Lipinski definition) is 4. The topological polar surface area (TPSA) is 49.9 Å². The third kappa shape index (κ3) is 3.11. The first-order chi connectivity index (χ1) is 9.97. The number of esters is 1. The van der Waals surface area contributed by atoms with E-state index in [-0.39, 0.29) is 11.4 Å². The molecule has 2 rings (SSSR count). The Balaban J connectivity index is 2.39. The summed E-state index contributed by atoms with van der Waals surface area (Å²) in [5.41, 5.74) is 0.825. The number of hydrogen-bond donors (Lipinski definition) is 0. The lowest BCUT2D eigenvalue weighted by atomic mass is 10.2. The van der Waals surface area contributed by atoms with Crippen LogP contribution in [0.5, 0.6) is 0 Å². The number of benzene rings is 1. The maximum Gasteiger partial charge on any atom is 0.329 e. The van der Waals surface area contributed by atoms with E-state index in [2.05, 4.69) is 0 Å². The van der Waals surface area contributed by atoms with Crippen molar-refractivity contribution >= 4 is 35.4 Å². The Labute approximate surface area is 133 Å². The van der Waals surface area contributed by atoms with Crippen LogP contribution in [0.15, 0.2) is 24.3 Å². The molecule has 5 nitrogen and oxygen atoms in total. The minimum atomic E-state index is -0.601. The average molecular weight is 329 g/mol. The van der Waals surface area contributed by atoms with Crippen LogP contribution in [-0.4, -0.2) is 54.8 Å².